The average Bonchev–Trinajstić information content (AvgIpc) is 2.91. The van der Waals surface area contributed by atoms with Crippen molar-refractivity contribution in [2.24, 2.45) is 0 Å². The maximum absolute atomic E-state index is 13.1. The quantitative estimate of drug-likeness (QED) is 0.413. The molecule has 1 unspecified atom stereocenters. The van der Waals surface area contributed by atoms with Crippen LogP contribution in [0, 0.1) is 0 Å². The van der Waals surface area contributed by atoms with E-state index in [0.29, 0.717) is 22.2 Å². The van der Waals surface area contributed by atoms with Crippen LogP contribution in [0.2, 0.25) is 0 Å². The molecule has 2 aliphatic heterocycles. The molecule has 180 valence electrons. The number of phenolic OH excluding ortho intramolecular Hbond substituents is 1. The number of nitrogens with zero attached hydrogens (tertiary/aromatic N) is 2. The van der Waals surface area contributed by atoms with Crippen LogP contribution in [-0.2, 0) is 26.9 Å². The lowest BCUT2D eigenvalue weighted by atomic mass is 9.76. The summed E-state index contributed by atoms with van der Waals surface area (Å²) >= 11 is 3.50. The molecule has 0 bridgehead atoms. The molecule has 1 N–H and O–H groups in total. The number of anilines is 1. The van der Waals surface area contributed by atoms with Gasteiger partial charge in [0, 0.05) is 35.7 Å². The molecule has 0 radical (unpaired) electrons. The van der Waals surface area contributed by atoms with Crippen LogP contribution in [-0.4, -0.2) is 47.9 Å². The Morgan fingerprint density at radius 3 is 2.44 bits per heavy atom. The fraction of sp³-hybridized carbons (Fsp3) is 0.360. The van der Waals surface area contributed by atoms with Gasteiger partial charge in [-0.2, -0.15) is 8.78 Å². The summed E-state index contributed by atoms with van der Waals surface area (Å²) in [6, 6.07) is 5.82. The highest BCUT2D eigenvalue weighted by molar-refractivity contribution is 9.08. The number of alkyl halides is 1. The molecule has 1 atom stereocenters. The molecular formula is C25H25BrF2N2O4. The Hall–Kier alpha value is -2.78. The predicted molar refractivity (Wildman–Crippen MR) is 129 cm³/mol. The molecule has 0 amide bonds. The fourth-order valence-corrected chi connectivity index (χ4v) is 5.34. The summed E-state index contributed by atoms with van der Waals surface area (Å²) < 4.78 is 32.9. The first kappa shape index (κ1) is 24.3. The predicted octanol–water partition coefficient (Wildman–Crippen LogP) is 4.61. The Morgan fingerprint density at radius 2 is 1.82 bits per heavy atom. The Labute approximate surface area is 204 Å². The normalized spacial score (nSPS) is 19.8. The van der Waals surface area contributed by atoms with E-state index in [1.165, 1.54) is 12.1 Å². The molecule has 0 saturated carbocycles. The zero-order valence-corrected chi connectivity index (χ0v) is 20.7. The first-order chi connectivity index (χ1) is 16.0. The molecule has 2 aromatic rings. The smallest absolute Gasteiger partial charge is 0.315 e. The van der Waals surface area contributed by atoms with Gasteiger partial charge in [-0.15, -0.1) is 0 Å². The van der Waals surface area contributed by atoms with Gasteiger partial charge in [-0.1, -0.05) is 28.1 Å². The second-order valence-electron chi connectivity index (χ2n) is 9.18. The van der Waals surface area contributed by atoms with Crippen molar-refractivity contribution in [1.82, 2.24) is 4.90 Å². The monoisotopic (exact) mass is 534 g/mol. The average molecular weight is 535 g/mol. The minimum atomic E-state index is -1.69. The summed E-state index contributed by atoms with van der Waals surface area (Å²) in [5, 5.41) is 11.0. The molecule has 9 heteroatoms. The van der Waals surface area contributed by atoms with Gasteiger partial charge in [0.25, 0.3) is 0 Å². The number of benzene rings is 2. The molecule has 1 spiro atoms. The molecule has 2 heterocycles. The van der Waals surface area contributed by atoms with Crippen molar-refractivity contribution >= 4 is 39.8 Å². The standard InChI is InChI=1S/C25H25BrF2N2O4/c1-24(2)19-5-4-15(11-26)8-20(19)29(3)25(24)7-6-16-9-18(31)10-17(23(16)34-25)12-30(13-21(27)32)14-22(28)33/h4-10,31H,11-14H2,1-3H3. The van der Waals surface area contributed by atoms with Gasteiger partial charge >= 0.3 is 12.1 Å². The molecule has 0 aliphatic carbocycles. The van der Waals surface area contributed by atoms with Crippen LogP contribution in [0.5, 0.6) is 11.5 Å². The van der Waals surface area contributed by atoms with Crippen LogP contribution in [0.4, 0.5) is 14.5 Å². The summed E-state index contributed by atoms with van der Waals surface area (Å²) in [6.45, 7) is 2.47. The lowest BCUT2D eigenvalue weighted by molar-refractivity contribution is -0.133. The number of hydrogen-bond acceptors (Lipinski definition) is 6. The SMILES string of the molecule is CN1c2cc(CBr)ccc2C(C)(C)C12C=Cc1cc(O)cc(CN(CC(=O)F)CC(=O)F)c1O2. The molecule has 4 rings (SSSR count). The van der Waals surface area contributed by atoms with Crippen LogP contribution in [0.1, 0.15) is 36.1 Å². The maximum atomic E-state index is 13.1. The van der Waals surface area contributed by atoms with Crippen molar-refractivity contribution in [2.75, 3.05) is 25.0 Å². The van der Waals surface area contributed by atoms with Crippen molar-refractivity contribution in [1.29, 1.82) is 0 Å². The van der Waals surface area contributed by atoms with Crippen molar-refractivity contribution in [3.8, 4) is 11.5 Å². The van der Waals surface area contributed by atoms with Gasteiger partial charge in [0.15, 0.2) is 0 Å². The second-order valence-corrected chi connectivity index (χ2v) is 9.74. The van der Waals surface area contributed by atoms with Crippen LogP contribution < -0.4 is 9.64 Å². The highest BCUT2D eigenvalue weighted by Crippen LogP contribution is 2.55. The number of halogens is 3. The second kappa shape index (κ2) is 8.78. The van der Waals surface area contributed by atoms with Crippen LogP contribution in [0.25, 0.3) is 6.08 Å². The van der Waals surface area contributed by atoms with Gasteiger partial charge in [-0.3, -0.25) is 14.5 Å². The number of carbonyl (C=O) groups excluding carboxylic acids is 2. The van der Waals surface area contributed by atoms with E-state index >= 15 is 0 Å². The number of fused-ring (bicyclic) bond motifs is 2. The highest BCUT2D eigenvalue weighted by atomic mass is 79.9. The third-order valence-electron chi connectivity index (χ3n) is 6.66. The Balaban J connectivity index is 1.78. The van der Waals surface area contributed by atoms with Crippen molar-refractivity contribution in [3.63, 3.8) is 0 Å². The van der Waals surface area contributed by atoms with E-state index in [0.717, 1.165) is 21.7 Å². The Kier molecular flexibility index (Phi) is 6.29. The van der Waals surface area contributed by atoms with E-state index in [-0.39, 0.29) is 12.3 Å². The fourth-order valence-electron chi connectivity index (χ4n) is 4.99. The van der Waals surface area contributed by atoms with Crippen LogP contribution >= 0.6 is 15.9 Å². The number of aromatic hydroxyl groups is 1. The Morgan fingerprint density at radius 1 is 1.15 bits per heavy atom. The summed E-state index contributed by atoms with van der Waals surface area (Å²) in [7, 11) is 1.94. The van der Waals surface area contributed by atoms with E-state index in [9.17, 15) is 23.5 Å². The van der Waals surface area contributed by atoms with Crippen molar-refractivity contribution < 1.29 is 28.2 Å². The zero-order chi connectivity index (χ0) is 24.8. The Bertz CT molecular complexity index is 1180. The van der Waals surface area contributed by atoms with Crippen LogP contribution in [0.3, 0.4) is 0 Å². The lowest BCUT2D eigenvalue weighted by Gasteiger charge is -2.46. The molecule has 0 saturated heterocycles. The zero-order valence-electron chi connectivity index (χ0n) is 19.1. The number of phenols is 1. The molecule has 34 heavy (non-hydrogen) atoms. The number of carbonyl (C=O) groups is 2. The highest BCUT2D eigenvalue weighted by Gasteiger charge is 2.57. The van der Waals surface area contributed by atoms with E-state index in [2.05, 4.69) is 52.9 Å². The molecule has 2 aromatic carbocycles. The van der Waals surface area contributed by atoms with Gasteiger partial charge in [0.1, 0.15) is 11.5 Å². The van der Waals surface area contributed by atoms with Gasteiger partial charge in [0.05, 0.1) is 18.5 Å². The van der Waals surface area contributed by atoms with Crippen molar-refractivity contribution in [2.45, 2.75) is 36.9 Å². The third-order valence-corrected chi connectivity index (χ3v) is 7.31. The summed E-state index contributed by atoms with van der Waals surface area (Å²) in [5.74, 6) is 0.344. The van der Waals surface area contributed by atoms with E-state index in [1.807, 2.05) is 19.2 Å². The van der Waals surface area contributed by atoms with Gasteiger partial charge in [-0.25, -0.2) is 0 Å². The van der Waals surface area contributed by atoms with E-state index in [4.69, 9.17) is 4.74 Å². The first-order valence-corrected chi connectivity index (χ1v) is 11.9. The number of likely N-dealkylation sites (N-methyl/N-ethyl adjacent to an activating group) is 1. The van der Waals surface area contributed by atoms with Crippen LogP contribution in [0.15, 0.2) is 36.4 Å². The first-order valence-electron chi connectivity index (χ1n) is 10.7. The third kappa shape index (κ3) is 4.01. The number of rotatable bonds is 7. The molecular weight excluding hydrogens is 510 g/mol. The molecule has 2 aliphatic rings. The van der Waals surface area contributed by atoms with E-state index < -0.39 is 36.3 Å². The van der Waals surface area contributed by atoms with Gasteiger partial charge < -0.3 is 14.7 Å². The minimum absolute atomic E-state index is 0.0691. The van der Waals surface area contributed by atoms with E-state index in [1.54, 1.807) is 0 Å². The van der Waals surface area contributed by atoms with Gasteiger partial charge in [0.2, 0.25) is 5.72 Å². The number of ether oxygens (including phenoxy) is 1. The summed E-state index contributed by atoms with van der Waals surface area (Å²) in [5.41, 5.74) is 2.81. The van der Waals surface area contributed by atoms with Crippen molar-refractivity contribution in [3.05, 3.63) is 58.7 Å². The molecule has 6 nitrogen and oxygen atoms in total. The molecule has 0 fully saturated rings. The van der Waals surface area contributed by atoms with Gasteiger partial charge in [-0.05, 0) is 55.3 Å². The lowest BCUT2D eigenvalue weighted by Crippen LogP contribution is -2.58. The maximum Gasteiger partial charge on any atom is 0.315 e. The summed E-state index contributed by atoms with van der Waals surface area (Å²) in [4.78, 5) is 25.2. The minimum Gasteiger partial charge on any atom is -0.508 e. The number of hydrogen-bond donors (Lipinski definition) is 1. The largest absolute Gasteiger partial charge is 0.508 e. The summed E-state index contributed by atoms with van der Waals surface area (Å²) in [6.07, 6.45) is 3.79. The topological polar surface area (TPSA) is 70.1 Å². The molecule has 0 aromatic heterocycles.